The summed E-state index contributed by atoms with van der Waals surface area (Å²) in [5.74, 6) is 2.22. The molecule has 2 aromatic carbocycles. The first-order chi connectivity index (χ1) is 11.2. The third-order valence-corrected chi connectivity index (χ3v) is 3.85. The van der Waals surface area contributed by atoms with Gasteiger partial charge in [0.2, 0.25) is 0 Å². The second-order valence-electron chi connectivity index (χ2n) is 5.10. The molecule has 0 aliphatic rings. The lowest BCUT2D eigenvalue weighted by Crippen LogP contribution is -2.12. The van der Waals surface area contributed by atoms with Crippen molar-refractivity contribution >= 4 is 11.6 Å². The molecule has 0 radical (unpaired) electrons. The number of rotatable bonds is 8. The van der Waals surface area contributed by atoms with E-state index >= 15 is 0 Å². The minimum Gasteiger partial charge on any atom is -0.493 e. The molecule has 23 heavy (non-hydrogen) atoms. The van der Waals surface area contributed by atoms with Crippen molar-refractivity contribution in [2.45, 2.75) is 13.3 Å². The van der Waals surface area contributed by atoms with Crippen molar-refractivity contribution in [1.82, 2.24) is 0 Å². The first-order valence-corrected chi connectivity index (χ1v) is 7.91. The average Bonchev–Trinajstić information content (AvgIpc) is 2.56. The van der Waals surface area contributed by atoms with Crippen molar-refractivity contribution < 1.29 is 14.2 Å². The maximum absolute atomic E-state index is 6.00. The van der Waals surface area contributed by atoms with Crippen LogP contribution in [0.3, 0.4) is 0 Å². The van der Waals surface area contributed by atoms with Crippen molar-refractivity contribution in [3.05, 3.63) is 52.5 Å². The van der Waals surface area contributed by atoms with Crippen LogP contribution in [0.5, 0.6) is 17.2 Å². The molecular weight excluding hydrogens is 314 g/mol. The predicted molar refractivity (Wildman–Crippen MR) is 92.9 cm³/mol. The summed E-state index contributed by atoms with van der Waals surface area (Å²) in [7, 11) is 1.63. The number of hydrogen-bond donors (Lipinski definition) is 1. The smallest absolute Gasteiger partial charge is 0.164 e. The number of methoxy groups -OCH3 is 1. The molecule has 0 heterocycles. The van der Waals surface area contributed by atoms with Crippen LogP contribution in [0.4, 0.5) is 0 Å². The predicted octanol–water partition coefficient (Wildman–Crippen LogP) is 3.62. The zero-order chi connectivity index (χ0) is 16.7. The van der Waals surface area contributed by atoms with Crippen LogP contribution in [0.25, 0.3) is 0 Å². The average molecular weight is 336 g/mol. The molecule has 0 spiro atoms. The minimum atomic E-state index is 0.416. The zero-order valence-electron chi connectivity index (χ0n) is 13.5. The molecule has 0 amide bonds. The molecule has 4 nitrogen and oxygen atoms in total. The van der Waals surface area contributed by atoms with E-state index in [1.807, 2.05) is 43.3 Å². The molecule has 0 saturated heterocycles. The first kappa shape index (κ1) is 17.4. The Labute approximate surface area is 142 Å². The fourth-order valence-electron chi connectivity index (χ4n) is 2.25. The van der Waals surface area contributed by atoms with E-state index in [0.717, 1.165) is 34.1 Å². The Kier molecular flexibility index (Phi) is 6.56. The van der Waals surface area contributed by atoms with Crippen LogP contribution in [-0.4, -0.2) is 26.9 Å². The summed E-state index contributed by atoms with van der Waals surface area (Å²) < 4.78 is 16.9. The fraction of sp³-hybridized carbons (Fsp3) is 0.333. The van der Waals surface area contributed by atoms with Crippen molar-refractivity contribution in [2.75, 3.05) is 26.9 Å². The van der Waals surface area contributed by atoms with Crippen molar-refractivity contribution in [3.8, 4) is 17.2 Å². The molecule has 0 aliphatic heterocycles. The molecule has 0 aliphatic carbocycles. The number of hydrogen-bond acceptors (Lipinski definition) is 4. The fourth-order valence-corrected chi connectivity index (χ4v) is 2.37. The summed E-state index contributed by atoms with van der Waals surface area (Å²) in [5, 5.41) is 0.731. The Hall–Kier alpha value is -1.91. The van der Waals surface area contributed by atoms with Gasteiger partial charge in [-0.3, -0.25) is 0 Å². The number of nitrogens with two attached hydrogens (primary N) is 1. The van der Waals surface area contributed by atoms with Crippen LogP contribution in [0.2, 0.25) is 5.02 Å². The summed E-state index contributed by atoms with van der Waals surface area (Å²) in [6.07, 6.45) is 0.740. The van der Waals surface area contributed by atoms with Crippen molar-refractivity contribution in [3.63, 3.8) is 0 Å². The van der Waals surface area contributed by atoms with E-state index < -0.39 is 0 Å². The lowest BCUT2D eigenvalue weighted by molar-refractivity contribution is 0.210. The Morgan fingerprint density at radius 3 is 2.57 bits per heavy atom. The third-order valence-electron chi connectivity index (χ3n) is 3.42. The highest BCUT2D eigenvalue weighted by atomic mass is 35.5. The number of benzene rings is 2. The second kappa shape index (κ2) is 8.65. The largest absolute Gasteiger partial charge is 0.493 e. The number of aryl methyl sites for hydroxylation is 1. The molecule has 0 bridgehead atoms. The van der Waals surface area contributed by atoms with E-state index in [2.05, 4.69) is 0 Å². The van der Waals surface area contributed by atoms with Gasteiger partial charge in [0.25, 0.3) is 0 Å². The number of para-hydroxylation sites is 1. The SMILES string of the molecule is COc1cccc(CCN)c1OCCOc1ccc(Cl)c(C)c1. The lowest BCUT2D eigenvalue weighted by atomic mass is 10.1. The molecular formula is C18H22ClNO3. The van der Waals surface area contributed by atoms with E-state index in [1.165, 1.54) is 0 Å². The van der Waals surface area contributed by atoms with Gasteiger partial charge < -0.3 is 19.9 Å². The molecule has 2 aromatic rings. The van der Waals surface area contributed by atoms with Gasteiger partial charge in [0, 0.05) is 5.02 Å². The van der Waals surface area contributed by atoms with Gasteiger partial charge in [0.1, 0.15) is 19.0 Å². The highest BCUT2D eigenvalue weighted by molar-refractivity contribution is 6.31. The molecule has 0 fully saturated rings. The van der Waals surface area contributed by atoms with Gasteiger partial charge in [0.05, 0.1) is 7.11 Å². The first-order valence-electron chi connectivity index (χ1n) is 7.53. The molecule has 5 heteroatoms. The van der Waals surface area contributed by atoms with Crippen LogP contribution < -0.4 is 19.9 Å². The monoisotopic (exact) mass is 335 g/mol. The summed E-state index contributed by atoms with van der Waals surface area (Å²) in [6, 6.07) is 11.4. The Morgan fingerprint density at radius 1 is 1.09 bits per heavy atom. The van der Waals surface area contributed by atoms with E-state index in [-0.39, 0.29) is 0 Å². The highest BCUT2D eigenvalue weighted by Gasteiger charge is 2.10. The summed E-state index contributed by atoms with van der Waals surface area (Å²) >= 11 is 6.00. The van der Waals surface area contributed by atoms with E-state index in [1.54, 1.807) is 7.11 Å². The molecule has 124 valence electrons. The number of ether oxygens (including phenoxy) is 3. The van der Waals surface area contributed by atoms with Gasteiger partial charge in [-0.1, -0.05) is 23.7 Å². The van der Waals surface area contributed by atoms with Crippen LogP contribution in [0, 0.1) is 6.92 Å². The molecule has 0 saturated carbocycles. The Bertz CT molecular complexity index is 646. The normalized spacial score (nSPS) is 10.4. The molecule has 0 aromatic heterocycles. The Balaban J connectivity index is 1.94. The van der Waals surface area contributed by atoms with Crippen molar-refractivity contribution in [2.24, 2.45) is 5.73 Å². The summed E-state index contributed by atoms with van der Waals surface area (Å²) in [6.45, 7) is 3.35. The zero-order valence-corrected chi connectivity index (χ0v) is 14.2. The third kappa shape index (κ3) is 4.78. The molecule has 2 N–H and O–H groups in total. The van der Waals surface area contributed by atoms with Gasteiger partial charge in [-0.25, -0.2) is 0 Å². The van der Waals surface area contributed by atoms with E-state index in [4.69, 9.17) is 31.5 Å². The van der Waals surface area contributed by atoms with Crippen LogP contribution in [0.15, 0.2) is 36.4 Å². The van der Waals surface area contributed by atoms with Gasteiger partial charge >= 0.3 is 0 Å². The molecule has 2 rings (SSSR count). The molecule has 0 atom stereocenters. The standard InChI is InChI=1S/C18H22ClNO3/c1-13-12-15(6-7-16(13)19)22-10-11-23-18-14(8-9-20)4-3-5-17(18)21-2/h3-7,12H,8-11,20H2,1-2H3. The summed E-state index contributed by atoms with van der Waals surface area (Å²) in [5.41, 5.74) is 7.67. The summed E-state index contributed by atoms with van der Waals surface area (Å²) in [4.78, 5) is 0. The van der Waals surface area contributed by atoms with Crippen LogP contribution >= 0.6 is 11.6 Å². The van der Waals surface area contributed by atoms with E-state index in [0.29, 0.717) is 25.5 Å². The van der Waals surface area contributed by atoms with Crippen LogP contribution in [0.1, 0.15) is 11.1 Å². The van der Waals surface area contributed by atoms with Gasteiger partial charge in [-0.2, -0.15) is 0 Å². The van der Waals surface area contributed by atoms with Gasteiger partial charge in [0.15, 0.2) is 11.5 Å². The highest BCUT2D eigenvalue weighted by Crippen LogP contribution is 2.31. The lowest BCUT2D eigenvalue weighted by Gasteiger charge is -2.15. The molecule has 0 unspecified atom stereocenters. The van der Waals surface area contributed by atoms with Crippen molar-refractivity contribution in [1.29, 1.82) is 0 Å². The topological polar surface area (TPSA) is 53.7 Å². The maximum atomic E-state index is 6.00. The minimum absolute atomic E-state index is 0.416. The Morgan fingerprint density at radius 2 is 1.87 bits per heavy atom. The van der Waals surface area contributed by atoms with E-state index in [9.17, 15) is 0 Å². The second-order valence-corrected chi connectivity index (χ2v) is 5.50. The quantitative estimate of drug-likeness (QED) is 0.749. The van der Waals surface area contributed by atoms with Gasteiger partial charge in [-0.15, -0.1) is 0 Å². The number of halogens is 1. The van der Waals surface area contributed by atoms with Gasteiger partial charge in [-0.05, 0) is 55.3 Å². The van der Waals surface area contributed by atoms with Crippen LogP contribution in [-0.2, 0) is 6.42 Å². The maximum Gasteiger partial charge on any atom is 0.164 e.